The molecule has 16 aromatic rings. The smallest absolute Gasteiger partial charge is 0.161 e. The lowest BCUT2D eigenvalue weighted by Crippen LogP contribution is -2.17. The van der Waals surface area contributed by atoms with Crippen LogP contribution in [0.2, 0.25) is 0 Å². The van der Waals surface area contributed by atoms with Crippen LogP contribution in [0.1, 0.15) is 0 Å². The average molecular weight is 1360 g/mol. The molecule has 3 aromatic heterocycles. The quantitative estimate of drug-likeness (QED) is 0.117. The first kappa shape index (κ1) is 60.7. The van der Waals surface area contributed by atoms with Crippen LogP contribution in [0.25, 0.3) is 101 Å². The largest absolute Gasteiger partial charge is 0.293 e. The minimum atomic E-state index is 0.504. The SMILES string of the molecule is c1ccc(-c2ccc3c(c2)Sc2cc(-c4ccccc4)ccc2N3c2ccnc(-c3cc(-c4nccc(N5c6ccc(-c7ccccc7)cc6Sc6cc(-c7ccccc7)ccc65)n4)cc(-c4nccc(N5c6ccc(-c7ccccc7)cc6Sc6cc(-c7ccccc7)ccc65)n4)c3)n2)cc1. The van der Waals surface area contributed by atoms with Crippen LogP contribution in [0.15, 0.2) is 376 Å². The number of aromatic nitrogens is 6. The molecule has 9 nitrogen and oxygen atoms in total. The molecule has 13 aromatic carbocycles. The van der Waals surface area contributed by atoms with E-state index in [9.17, 15) is 0 Å². The van der Waals surface area contributed by atoms with E-state index in [2.05, 4.69) is 324 Å². The molecule has 6 heterocycles. The molecule has 3 aliphatic heterocycles. The highest BCUT2D eigenvalue weighted by molar-refractivity contribution is 8.00. The van der Waals surface area contributed by atoms with Crippen molar-refractivity contribution < 1.29 is 0 Å². The molecule has 102 heavy (non-hydrogen) atoms. The van der Waals surface area contributed by atoms with Crippen molar-refractivity contribution >= 4 is 86.9 Å². The van der Waals surface area contributed by atoms with Gasteiger partial charge < -0.3 is 0 Å². The predicted octanol–water partition coefficient (Wildman–Crippen LogP) is 24.9. The van der Waals surface area contributed by atoms with Crippen LogP contribution >= 0.6 is 35.3 Å². The molecule has 0 amide bonds. The van der Waals surface area contributed by atoms with Crippen LogP contribution in [0, 0.1) is 0 Å². The van der Waals surface area contributed by atoms with Crippen LogP contribution in [0.4, 0.5) is 51.6 Å². The van der Waals surface area contributed by atoms with E-state index in [0.29, 0.717) is 34.9 Å². The van der Waals surface area contributed by atoms with E-state index in [-0.39, 0.29) is 0 Å². The monoisotopic (exact) mass is 1360 g/mol. The molecule has 0 bridgehead atoms. The summed E-state index contributed by atoms with van der Waals surface area (Å²) in [5, 5.41) is 0. The number of fused-ring (bicyclic) bond motifs is 6. The summed E-state index contributed by atoms with van der Waals surface area (Å²) >= 11 is 5.35. The Morgan fingerprint density at radius 1 is 0.176 bits per heavy atom. The molecule has 19 rings (SSSR count). The van der Waals surface area contributed by atoms with Gasteiger partial charge in [-0.1, -0.05) is 254 Å². The molecular formula is C90H57N9S3. The van der Waals surface area contributed by atoms with Crippen molar-refractivity contribution in [2.45, 2.75) is 29.4 Å². The van der Waals surface area contributed by atoms with E-state index >= 15 is 0 Å². The molecule has 0 saturated carbocycles. The van der Waals surface area contributed by atoms with Crippen molar-refractivity contribution in [3.63, 3.8) is 0 Å². The summed E-state index contributed by atoms with van der Waals surface area (Å²) in [7, 11) is 0. The van der Waals surface area contributed by atoms with Gasteiger partial charge in [-0.2, -0.15) is 0 Å². The van der Waals surface area contributed by atoms with Gasteiger partial charge in [0, 0.05) is 64.7 Å². The van der Waals surface area contributed by atoms with E-state index in [1.807, 2.05) is 36.8 Å². The third kappa shape index (κ3) is 11.4. The van der Waals surface area contributed by atoms with Gasteiger partial charge in [0.15, 0.2) is 17.5 Å². The third-order valence-corrected chi connectivity index (χ3v) is 22.1. The first-order valence-electron chi connectivity index (χ1n) is 33.8. The summed E-state index contributed by atoms with van der Waals surface area (Å²) in [5.41, 5.74) is 22.1. The highest BCUT2D eigenvalue weighted by Crippen LogP contribution is 2.57. The normalized spacial score (nSPS) is 12.5. The minimum absolute atomic E-state index is 0.504. The molecule has 0 radical (unpaired) electrons. The minimum Gasteiger partial charge on any atom is -0.293 e. The second kappa shape index (κ2) is 26.0. The maximum atomic E-state index is 5.60. The second-order valence-electron chi connectivity index (χ2n) is 25.1. The van der Waals surface area contributed by atoms with Gasteiger partial charge in [0.1, 0.15) is 17.5 Å². The van der Waals surface area contributed by atoms with Crippen LogP contribution in [-0.2, 0) is 0 Å². The van der Waals surface area contributed by atoms with Gasteiger partial charge in [-0.25, -0.2) is 29.9 Å². The van der Waals surface area contributed by atoms with E-state index < -0.39 is 0 Å². The first-order valence-corrected chi connectivity index (χ1v) is 36.2. The summed E-state index contributed by atoms with van der Waals surface area (Å²) in [4.78, 5) is 45.7. The highest BCUT2D eigenvalue weighted by atomic mass is 32.2. The van der Waals surface area contributed by atoms with Crippen molar-refractivity contribution in [1.29, 1.82) is 0 Å². The molecule has 0 spiro atoms. The zero-order valence-corrected chi connectivity index (χ0v) is 57.1. The Hall–Kier alpha value is -12.5. The first-order chi connectivity index (χ1) is 50.5. The van der Waals surface area contributed by atoms with E-state index in [1.54, 1.807) is 35.3 Å². The lowest BCUT2D eigenvalue weighted by Gasteiger charge is -2.33. The summed E-state index contributed by atoms with van der Waals surface area (Å²) < 4.78 is 0. The Kier molecular flexibility index (Phi) is 15.5. The Morgan fingerprint density at radius 3 is 0.569 bits per heavy atom. The van der Waals surface area contributed by atoms with E-state index in [4.69, 9.17) is 29.9 Å². The van der Waals surface area contributed by atoms with Gasteiger partial charge in [-0.05, 0) is 176 Å². The maximum Gasteiger partial charge on any atom is 0.161 e. The molecule has 3 aliphatic rings. The van der Waals surface area contributed by atoms with Gasteiger partial charge in [-0.3, -0.25) is 14.7 Å². The number of benzene rings is 13. The van der Waals surface area contributed by atoms with Gasteiger partial charge in [0.2, 0.25) is 0 Å². The molecule has 0 N–H and O–H groups in total. The average Bonchev–Trinajstić information content (AvgIpc) is 0.758. The van der Waals surface area contributed by atoms with Crippen molar-refractivity contribution in [2.75, 3.05) is 14.7 Å². The van der Waals surface area contributed by atoms with Crippen molar-refractivity contribution in [1.82, 2.24) is 29.9 Å². The van der Waals surface area contributed by atoms with Crippen LogP contribution in [-0.4, -0.2) is 29.9 Å². The zero-order chi connectivity index (χ0) is 67.5. The molecule has 480 valence electrons. The van der Waals surface area contributed by atoms with Gasteiger partial charge in [-0.15, -0.1) is 0 Å². The third-order valence-electron chi connectivity index (χ3n) is 18.8. The molecular weight excluding hydrogens is 1300 g/mol. The number of nitrogens with zero attached hydrogens (tertiary/aromatic N) is 9. The van der Waals surface area contributed by atoms with E-state index in [1.165, 1.54) is 0 Å². The van der Waals surface area contributed by atoms with Crippen molar-refractivity contribution in [3.8, 4) is 101 Å². The van der Waals surface area contributed by atoms with Crippen LogP contribution < -0.4 is 14.7 Å². The predicted molar refractivity (Wildman–Crippen MR) is 419 cm³/mol. The fraction of sp³-hybridized carbons (Fsp3) is 0. The Labute approximate surface area is 603 Å². The number of anilines is 9. The van der Waals surface area contributed by atoms with Crippen LogP contribution in [0.3, 0.4) is 0 Å². The maximum absolute atomic E-state index is 5.60. The highest BCUT2D eigenvalue weighted by Gasteiger charge is 2.32. The summed E-state index contributed by atoms with van der Waals surface area (Å²) in [6.07, 6.45) is 5.59. The van der Waals surface area contributed by atoms with Gasteiger partial charge >= 0.3 is 0 Å². The molecule has 0 unspecified atom stereocenters. The molecule has 0 saturated heterocycles. The summed E-state index contributed by atoms with van der Waals surface area (Å²) in [6.45, 7) is 0. The van der Waals surface area contributed by atoms with Crippen LogP contribution in [0.5, 0.6) is 0 Å². The Morgan fingerprint density at radius 2 is 0.373 bits per heavy atom. The fourth-order valence-corrected chi connectivity index (χ4v) is 17.3. The fourth-order valence-electron chi connectivity index (χ4n) is 13.9. The summed E-state index contributed by atoms with van der Waals surface area (Å²) in [6, 6.07) is 116. The lowest BCUT2D eigenvalue weighted by molar-refractivity contribution is 1.07. The Bertz CT molecular complexity index is 5040. The standard InChI is InChI=1S/C90H57N9S3/c1-7-19-58(20-8-1)64-31-37-73-79(52-64)100-80-53-65(59-21-9-2-10-22-59)32-38-74(80)97(73)85-43-46-91-88(94-85)70-49-71(89-92-47-44-86(95-89)98-75-39-33-66(60-23-11-3-12-24-60)54-81(75)101-82-55-67(34-40-76(82)98)61-25-13-4-14-26-61)51-72(50-70)90-93-48-45-87(96-90)99-77-41-35-68(62-27-15-5-16-28-62)56-83(77)102-84-57-69(36-42-78(84)99)63-29-17-6-18-30-63/h1-57H. The van der Waals surface area contributed by atoms with Crippen molar-refractivity contribution in [2.24, 2.45) is 0 Å². The molecule has 12 heteroatoms. The van der Waals surface area contributed by atoms with Crippen molar-refractivity contribution in [3.05, 3.63) is 346 Å². The molecule has 0 atom stereocenters. The zero-order valence-electron chi connectivity index (χ0n) is 54.7. The molecule has 0 fully saturated rings. The number of rotatable bonds is 12. The summed E-state index contributed by atoms with van der Waals surface area (Å²) in [5.74, 6) is 3.65. The second-order valence-corrected chi connectivity index (χ2v) is 28.4. The number of hydrogen-bond acceptors (Lipinski definition) is 12. The van der Waals surface area contributed by atoms with Gasteiger partial charge in [0.05, 0.1) is 34.1 Å². The van der Waals surface area contributed by atoms with Gasteiger partial charge in [0.25, 0.3) is 0 Å². The lowest BCUT2D eigenvalue weighted by atomic mass is 10.0. The topological polar surface area (TPSA) is 87.1 Å². The Balaban J connectivity index is 0.772. The number of hydrogen-bond donors (Lipinski definition) is 0. The molecule has 0 aliphatic carbocycles. The van der Waals surface area contributed by atoms with E-state index in [0.717, 1.165) is 147 Å².